The molecular formula is C14H24BNO2. The standard InChI is InChI=1S/C14H24BNO2/c1-4-7-12(5-2)8-13-9-14(11-16-10-13)15(17)18-6-3/h4-5,7,13-14,16-17H,1-2,6,8-11H2,3H3/b12-7+. The largest absolute Gasteiger partial charge is 0.458 e. The maximum absolute atomic E-state index is 9.87. The van der Waals surface area contributed by atoms with Crippen LogP contribution in [0.5, 0.6) is 0 Å². The molecule has 0 spiro atoms. The molecular weight excluding hydrogens is 225 g/mol. The Balaban J connectivity index is 2.50. The molecule has 18 heavy (non-hydrogen) atoms. The van der Waals surface area contributed by atoms with Crippen LogP contribution >= 0.6 is 0 Å². The van der Waals surface area contributed by atoms with Crippen LogP contribution < -0.4 is 5.32 Å². The molecule has 1 heterocycles. The van der Waals surface area contributed by atoms with E-state index in [4.69, 9.17) is 4.65 Å². The van der Waals surface area contributed by atoms with Gasteiger partial charge in [0, 0.05) is 12.4 Å². The number of rotatable bonds is 7. The highest BCUT2D eigenvalue weighted by molar-refractivity contribution is 6.44. The van der Waals surface area contributed by atoms with Crippen LogP contribution in [0, 0.1) is 5.92 Å². The third-order valence-electron chi connectivity index (χ3n) is 3.33. The molecule has 1 saturated heterocycles. The van der Waals surface area contributed by atoms with Crippen molar-refractivity contribution in [3.05, 3.63) is 37.0 Å². The molecule has 1 rings (SSSR count). The normalized spacial score (nSPS) is 24.7. The quantitative estimate of drug-likeness (QED) is 0.536. The lowest BCUT2D eigenvalue weighted by molar-refractivity contribution is 0.242. The summed E-state index contributed by atoms with van der Waals surface area (Å²) in [6, 6.07) is 0. The predicted octanol–water partition coefficient (Wildman–Crippen LogP) is 2.17. The van der Waals surface area contributed by atoms with E-state index >= 15 is 0 Å². The van der Waals surface area contributed by atoms with Crippen LogP contribution in [0.25, 0.3) is 0 Å². The van der Waals surface area contributed by atoms with E-state index in [1.54, 1.807) is 6.08 Å². The Bertz CT molecular complexity index is 304. The highest BCUT2D eigenvalue weighted by Gasteiger charge is 2.32. The van der Waals surface area contributed by atoms with E-state index in [0.717, 1.165) is 25.9 Å². The fraction of sp³-hybridized carbons (Fsp3) is 0.571. The number of allylic oxidation sites excluding steroid dienone is 4. The molecule has 0 radical (unpaired) electrons. The first-order chi connectivity index (χ1) is 8.71. The van der Waals surface area contributed by atoms with Crippen LogP contribution in [0.4, 0.5) is 0 Å². The molecule has 100 valence electrons. The van der Waals surface area contributed by atoms with Crippen molar-refractivity contribution >= 4 is 7.12 Å². The third kappa shape index (κ3) is 4.80. The van der Waals surface area contributed by atoms with Crippen molar-refractivity contribution in [3.8, 4) is 0 Å². The molecule has 1 fully saturated rings. The molecule has 2 N–H and O–H groups in total. The number of hydrogen-bond acceptors (Lipinski definition) is 3. The first-order valence-electron chi connectivity index (χ1n) is 6.65. The minimum Gasteiger partial charge on any atom is -0.427 e. The van der Waals surface area contributed by atoms with Gasteiger partial charge in [-0.25, -0.2) is 0 Å². The van der Waals surface area contributed by atoms with E-state index in [1.165, 1.54) is 5.57 Å². The molecule has 0 saturated carbocycles. The van der Waals surface area contributed by atoms with Gasteiger partial charge in [-0.2, -0.15) is 0 Å². The lowest BCUT2D eigenvalue weighted by atomic mass is 9.65. The zero-order valence-corrected chi connectivity index (χ0v) is 11.3. The van der Waals surface area contributed by atoms with Gasteiger partial charge >= 0.3 is 7.12 Å². The highest BCUT2D eigenvalue weighted by Crippen LogP contribution is 2.28. The van der Waals surface area contributed by atoms with E-state index < -0.39 is 7.12 Å². The summed E-state index contributed by atoms with van der Waals surface area (Å²) in [6.07, 6.45) is 7.62. The third-order valence-corrected chi connectivity index (χ3v) is 3.33. The number of hydrogen-bond donors (Lipinski definition) is 2. The van der Waals surface area contributed by atoms with Gasteiger partial charge in [0.1, 0.15) is 0 Å². The van der Waals surface area contributed by atoms with E-state index in [2.05, 4.69) is 18.5 Å². The second-order valence-electron chi connectivity index (χ2n) is 4.75. The van der Waals surface area contributed by atoms with Gasteiger partial charge in [-0.3, -0.25) is 0 Å². The van der Waals surface area contributed by atoms with Crippen molar-refractivity contribution in [1.29, 1.82) is 0 Å². The van der Waals surface area contributed by atoms with Crippen LogP contribution in [0.1, 0.15) is 19.8 Å². The maximum atomic E-state index is 9.87. The molecule has 0 aromatic rings. The van der Waals surface area contributed by atoms with E-state index in [-0.39, 0.29) is 5.82 Å². The lowest BCUT2D eigenvalue weighted by Crippen LogP contribution is -2.41. The fourth-order valence-corrected chi connectivity index (χ4v) is 2.45. The van der Waals surface area contributed by atoms with Gasteiger partial charge in [0.15, 0.2) is 0 Å². The average molecular weight is 249 g/mol. The molecule has 0 aromatic heterocycles. The zero-order valence-electron chi connectivity index (χ0n) is 11.3. The Morgan fingerprint density at radius 2 is 2.28 bits per heavy atom. The van der Waals surface area contributed by atoms with Crippen molar-refractivity contribution in [3.63, 3.8) is 0 Å². The van der Waals surface area contributed by atoms with E-state index in [9.17, 15) is 5.02 Å². The van der Waals surface area contributed by atoms with Crippen LogP contribution in [0.3, 0.4) is 0 Å². The molecule has 0 aliphatic carbocycles. The summed E-state index contributed by atoms with van der Waals surface area (Å²) in [4.78, 5) is 0. The van der Waals surface area contributed by atoms with Crippen molar-refractivity contribution in [2.75, 3.05) is 19.7 Å². The molecule has 0 bridgehead atoms. The van der Waals surface area contributed by atoms with Crippen LogP contribution in [-0.2, 0) is 4.65 Å². The predicted molar refractivity (Wildman–Crippen MR) is 77.4 cm³/mol. The summed E-state index contributed by atoms with van der Waals surface area (Å²) in [5, 5.41) is 13.2. The van der Waals surface area contributed by atoms with E-state index in [0.29, 0.717) is 12.5 Å². The number of nitrogens with one attached hydrogen (secondary N) is 1. The summed E-state index contributed by atoms with van der Waals surface area (Å²) in [7, 11) is -0.652. The second-order valence-corrected chi connectivity index (χ2v) is 4.75. The summed E-state index contributed by atoms with van der Waals surface area (Å²) in [5.74, 6) is 0.696. The van der Waals surface area contributed by atoms with Gasteiger partial charge in [0.2, 0.25) is 0 Å². The van der Waals surface area contributed by atoms with Gasteiger partial charge in [0.25, 0.3) is 0 Å². The zero-order chi connectivity index (χ0) is 13.4. The molecule has 2 unspecified atom stereocenters. The van der Waals surface area contributed by atoms with Gasteiger partial charge in [-0.05, 0) is 44.3 Å². The van der Waals surface area contributed by atoms with Crippen LogP contribution in [-0.4, -0.2) is 31.8 Å². The Morgan fingerprint density at radius 1 is 1.50 bits per heavy atom. The minimum atomic E-state index is -0.652. The molecule has 1 aliphatic rings. The van der Waals surface area contributed by atoms with Gasteiger partial charge in [0.05, 0.1) is 0 Å². The maximum Gasteiger partial charge on any atom is 0.458 e. The fourth-order valence-electron chi connectivity index (χ4n) is 2.45. The van der Waals surface area contributed by atoms with Crippen molar-refractivity contribution < 1.29 is 9.68 Å². The molecule has 4 heteroatoms. The first-order valence-corrected chi connectivity index (χ1v) is 6.65. The Kier molecular flexibility index (Phi) is 7.02. The Labute approximate surface area is 111 Å². The number of piperidine rings is 1. The van der Waals surface area contributed by atoms with Gasteiger partial charge in [-0.1, -0.05) is 31.4 Å². The minimum absolute atomic E-state index is 0.179. The SMILES string of the molecule is C=C/C=C(\C=C)CC1CNCC(B(O)OCC)C1. The molecule has 1 aliphatic heterocycles. The van der Waals surface area contributed by atoms with Crippen LogP contribution in [0.2, 0.25) is 5.82 Å². The molecule has 0 aromatic carbocycles. The topological polar surface area (TPSA) is 41.5 Å². The molecule has 2 atom stereocenters. The summed E-state index contributed by atoms with van der Waals surface area (Å²) in [5.41, 5.74) is 1.20. The summed E-state index contributed by atoms with van der Waals surface area (Å²) < 4.78 is 5.27. The van der Waals surface area contributed by atoms with Gasteiger partial charge < -0.3 is 15.0 Å². The van der Waals surface area contributed by atoms with Crippen molar-refractivity contribution in [1.82, 2.24) is 5.32 Å². The lowest BCUT2D eigenvalue weighted by Gasteiger charge is -2.31. The monoisotopic (exact) mass is 249 g/mol. The van der Waals surface area contributed by atoms with Gasteiger partial charge in [-0.15, -0.1) is 0 Å². The van der Waals surface area contributed by atoms with E-state index in [1.807, 2.05) is 19.1 Å². The van der Waals surface area contributed by atoms with Crippen molar-refractivity contribution in [2.45, 2.75) is 25.6 Å². The molecule has 0 amide bonds. The summed E-state index contributed by atoms with van der Waals surface area (Å²) >= 11 is 0. The highest BCUT2D eigenvalue weighted by atomic mass is 16.5. The Hall–Kier alpha value is -0.835. The van der Waals surface area contributed by atoms with Crippen molar-refractivity contribution in [2.24, 2.45) is 5.92 Å². The average Bonchev–Trinajstić information content (AvgIpc) is 2.39. The first kappa shape index (κ1) is 15.2. The second kappa shape index (κ2) is 8.30. The Morgan fingerprint density at radius 3 is 2.89 bits per heavy atom. The smallest absolute Gasteiger partial charge is 0.427 e. The summed E-state index contributed by atoms with van der Waals surface area (Å²) in [6.45, 7) is 11.8. The van der Waals surface area contributed by atoms with Crippen LogP contribution in [0.15, 0.2) is 37.0 Å². The molecule has 3 nitrogen and oxygen atoms in total.